The second-order valence-corrected chi connectivity index (χ2v) is 7.23. The van der Waals surface area contributed by atoms with Crippen LogP contribution >= 0.6 is 27.7 Å². The molecular weight excluding hydrogens is 380 g/mol. The van der Waals surface area contributed by atoms with E-state index in [1.54, 1.807) is 4.90 Å². The molecule has 1 fully saturated rings. The molecule has 0 radical (unpaired) electrons. The summed E-state index contributed by atoms with van der Waals surface area (Å²) < 4.78 is 6.23. The lowest BCUT2D eigenvalue weighted by atomic mass is 10.1. The van der Waals surface area contributed by atoms with Gasteiger partial charge >= 0.3 is 0 Å². The number of nitrogens with one attached hydrogen (secondary N) is 1. The Kier molecular flexibility index (Phi) is 7.39. The summed E-state index contributed by atoms with van der Waals surface area (Å²) in [6.07, 6.45) is 0. The molecule has 0 spiro atoms. The maximum atomic E-state index is 12.0. The minimum Gasteiger partial charge on any atom is -0.378 e. The van der Waals surface area contributed by atoms with Crippen LogP contribution in [0.1, 0.15) is 18.5 Å². The average Bonchev–Trinajstić information content (AvgIpc) is 2.56. The standard InChI is InChI=1S/C16H21BrN2O3S/c1-12(13-2-4-14(17)5-3-13)18-15(20)10-23-11-16(21)19-6-8-22-9-7-19/h2-5,12H,6-11H2,1H3,(H,18,20). The lowest BCUT2D eigenvalue weighted by Gasteiger charge is -2.26. The zero-order valence-electron chi connectivity index (χ0n) is 13.1. The van der Waals surface area contributed by atoms with Crippen LogP contribution in [0.2, 0.25) is 0 Å². The lowest BCUT2D eigenvalue weighted by Crippen LogP contribution is -2.41. The van der Waals surface area contributed by atoms with Crippen molar-refractivity contribution in [1.29, 1.82) is 0 Å². The van der Waals surface area contributed by atoms with E-state index < -0.39 is 0 Å². The average molecular weight is 401 g/mol. The van der Waals surface area contributed by atoms with Crippen molar-refractivity contribution in [2.75, 3.05) is 37.8 Å². The molecule has 1 saturated heterocycles. The Balaban J connectivity index is 1.68. The van der Waals surface area contributed by atoms with Gasteiger partial charge in [-0.1, -0.05) is 28.1 Å². The summed E-state index contributed by atoms with van der Waals surface area (Å²) in [5.74, 6) is 0.643. The smallest absolute Gasteiger partial charge is 0.232 e. The minimum absolute atomic E-state index is 0.0499. The SMILES string of the molecule is CC(NC(=O)CSCC(=O)N1CCOCC1)c1ccc(Br)cc1. The summed E-state index contributed by atoms with van der Waals surface area (Å²) in [7, 11) is 0. The molecule has 0 aromatic heterocycles. The van der Waals surface area contributed by atoms with Gasteiger partial charge in [0, 0.05) is 17.6 Å². The maximum Gasteiger partial charge on any atom is 0.232 e. The first kappa shape index (κ1) is 18.3. The summed E-state index contributed by atoms with van der Waals surface area (Å²) in [6, 6.07) is 7.81. The fourth-order valence-corrected chi connectivity index (χ4v) is 3.25. The maximum absolute atomic E-state index is 12.0. The third-order valence-corrected chi connectivity index (χ3v) is 5.02. The number of rotatable bonds is 6. The lowest BCUT2D eigenvalue weighted by molar-refractivity contribution is -0.132. The molecule has 1 atom stereocenters. The van der Waals surface area contributed by atoms with Gasteiger partial charge in [0.15, 0.2) is 0 Å². The number of hydrogen-bond donors (Lipinski definition) is 1. The van der Waals surface area contributed by atoms with Crippen LogP contribution in [0.4, 0.5) is 0 Å². The molecule has 0 aliphatic carbocycles. The molecule has 2 rings (SSSR count). The molecular formula is C16H21BrN2O3S. The first-order chi connectivity index (χ1) is 11.1. The predicted molar refractivity (Wildman–Crippen MR) is 95.4 cm³/mol. The van der Waals surface area contributed by atoms with Crippen molar-refractivity contribution in [3.8, 4) is 0 Å². The van der Waals surface area contributed by atoms with Crippen LogP contribution in [0.25, 0.3) is 0 Å². The third kappa shape index (κ3) is 6.16. The molecule has 0 bridgehead atoms. The van der Waals surface area contributed by atoms with E-state index in [0.29, 0.717) is 32.1 Å². The van der Waals surface area contributed by atoms with E-state index in [9.17, 15) is 9.59 Å². The summed E-state index contributed by atoms with van der Waals surface area (Å²) in [5, 5.41) is 2.95. The second-order valence-electron chi connectivity index (χ2n) is 5.33. The molecule has 1 heterocycles. The van der Waals surface area contributed by atoms with Gasteiger partial charge < -0.3 is 15.0 Å². The summed E-state index contributed by atoms with van der Waals surface area (Å²) >= 11 is 4.74. The van der Waals surface area contributed by atoms with Crippen LogP contribution in [0.15, 0.2) is 28.7 Å². The van der Waals surface area contributed by atoms with Crippen LogP contribution in [0.5, 0.6) is 0 Å². The van der Waals surface area contributed by atoms with E-state index >= 15 is 0 Å². The Morgan fingerprint density at radius 2 is 1.91 bits per heavy atom. The van der Waals surface area contributed by atoms with Gasteiger partial charge in [-0.3, -0.25) is 9.59 Å². The van der Waals surface area contributed by atoms with Crippen LogP contribution in [0, 0.1) is 0 Å². The minimum atomic E-state index is -0.0554. The number of morpholine rings is 1. The molecule has 5 nitrogen and oxygen atoms in total. The quantitative estimate of drug-likeness (QED) is 0.794. The largest absolute Gasteiger partial charge is 0.378 e. The van der Waals surface area contributed by atoms with Gasteiger partial charge in [-0.25, -0.2) is 0 Å². The Morgan fingerprint density at radius 1 is 1.26 bits per heavy atom. The Hall–Kier alpha value is -1.05. The number of ether oxygens (including phenoxy) is 1. The Morgan fingerprint density at radius 3 is 2.57 bits per heavy atom. The van der Waals surface area contributed by atoms with Crippen LogP contribution in [-0.2, 0) is 14.3 Å². The van der Waals surface area contributed by atoms with Crippen molar-refractivity contribution < 1.29 is 14.3 Å². The Labute approximate surface area is 149 Å². The molecule has 1 aromatic carbocycles. The van der Waals surface area contributed by atoms with Crippen molar-refractivity contribution in [1.82, 2.24) is 10.2 Å². The topological polar surface area (TPSA) is 58.6 Å². The van der Waals surface area contributed by atoms with Gasteiger partial charge in [-0.15, -0.1) is 11.8 Å². The fraction of sp³-hybridized carbons (Fsp3) is 0.500. The molecule has 23 heavy (non-hydrogen) atoms. The number of nitrogens with zero attached hydrogens (tertiary/aromatic N) is 1. The van der Waals surface area contributed by atoms with Gasteiger partial charge in [0.25, 0.3) is 0 Å². The van der Waals surface area contributed by atoms with Gasteiger partial charge in [-0.05, 0) is 24.6 Å². The van der Waals surface area contributed by atoms with Gasteiger partial charge in [0.2, 0.25) is 11.8 Å². The van der Waals surface area contributed by atoms with Gasteiger partial charge in [-0.2, -0.15) is 0 Å². The zero-order valence-corrected chi connectivity index (χ0v) is 15.5. The Bertz CT molecular complexity index is 533. The molecule has 1 unspecified atom stereocenters. The molecule has 2 amide bonds. The van der Waals surface area contributed by atoms with E-state index in [-0.39, 0.29) is 23.6 Å². The monoisotopic (exact) mass is 400 g/mol. The number of hydrogen-bond acceptors (Lipinski definition) is 4. The van der Waals surface area contributed by atoms with Crippen molar-refractivity contribution in [3.05, 3.63) is 34.3 Å². The predicted octanol–water partition coefficient (Wildman–Crippen LogP) is 2.22. The van der Waals surface area contributed by atoms with E-state index in [1.807, 2.05) is 31.2 Å². The summed E-state index contributed by atoms with van der Waals surface area (Å²) in [6.45, 7) is 4.44. The molecule has 0 saturated carbocycles. The van der Waals surface area contributed by atoms with Gasteiger partial charge in [0.05, 0.1) is 30.8 Å². The number of amides is 2. The van der Waals surface area contributed by atoms with Gasteiger partial charge in [0.1, 0.15) is 0 Å². The van der Waals surface area contributed by atoms with Crippen molar-refractivity contribution in [2.45, 2.75) is 13.0 Å². The normalized spacial score (nSPS) is 16.0. The third-order valence-electron chi connectivity index (χ3n) is 3.57. The first-order valence-corrected chi connectivity index (χ1v) is 9.49. The molecule has 1 N–H and O–H groups in total. The highest BCUT2D eigenvalue weighted by atomic mass is 79.9. The second kappa shape index (κ2) is 9.30. The number of halogens is 1. The number of carbonyl (C=O) groups is 2. The molecule has 1 aliphatic rings. The van der Waals surface area contributed by atoms with Crippen molar-refractivity contribution in [3.63, 3.8) is 0 Å². The number of benzene rings is 1. The van der Waals surface area contributed by atoms with E-state index in [2.05, 4.69) is 21.2 Å². The highest BCUT2D eigenvalue weighted by Crippen LogP contribution is 2.16. The highest BCUT2D eigenvalue weighted by molar-refractivity contribution is 9.10. The zero-order chi connectivity index (χ0) is 16.7. The fourth-order valence-electron chi connectivity index (χ4n) is 2.25. The van der Waals surface area contributed by atoms with Crippen LogP contribution in [0.3, 0.4) is 0 Å². The highest BCUT2D eigenvalue weighted by Gasteiger charge is 2.17. The van der Waals surface area contributed by atoms with E-state index in [0.717, 1.165) is 10.0 Å². The molecule has 1 aromatic rings. The van der Waals surface area contributed by atoms with Crippen molar-refractivity contribution >= 4 is 39.5 Å². The molecule has 1 aliphatic heterocycles. The van der Waals surface area contributed by atoms with Crippen LogP contribution < -0.4 is 5.32 Å². The molecule has 126 valence electrons. The number of carbonyl (C=O) groups excluding carboxylic acids is 2. The molecule has 7 heteroatoms. The van der Waals surface area contributed by atoms with E-state index in [1.165, 1.54) is 11.8 Å². The first-order valence-electron chi connectivity index (χ1n) is 7.54. The summed E-state index contributed by atoms with van der Waals surface area (Å²) in [5.41, 5.74) is 1.05. The summed E-state index contributed by atoms with van der Waals surface area (Å²) in [4.78, 5) is 25.7. The van der Waals surface area contributed by atoms with E-state index in [4.69, 9.17) is 4.74 Å². The van der Waals surface area contributed by atoms with Crippen LogP contribution in [-0.4, -0.2) is 54.5 Å². The number of thioether (sulfide) groups is 1. The van der Waals surface area contributed by atoms with Crippen molar-refractivity contribution in [2.24, 2.45) is 0 Å².